The molecule has 34 heavy (non-hydrogen) atoms. The molecule has 0 bridgehead atoms. The fraction of sp³-hybridized carbons (Fsp3) is 0.222. The first kappa shape index (κ1) is 23.2. The highest BCUT2D eigenvalue weighted by molar-refractivity contribution is 6.04. The van der Waals surface area contributed by atoms with Crippen LogP contribution in [0.3, 0.4) is 0 Å². The molecule has 3 aromatic carbocycles. The van der Waals surface area contributed by atoms with Crippen LogP contribution < -0.4 is 16.0 Å². The van der Waals surface area contributed by atoms with Gasteiger partial charge in [0.25, 0.3) is 17.7 Å². The van der Waals surface area contributed by atoms with Crippen LogP contribution >= 0.6 is 0 Å². The number of carbonyl (C=O) groups is 3. The van der Waals surface area contributed by atoms with E-state index < -0.39 is 6.10 Å². The molecule has 1 atom stereocenters. The van der Waals surface area contributed by atoms with Gasteiger partial charge in [0, 0.05) is 35.7 Å². The predicted molar refractivity (Wildman–Crippen MR) is 131 cm³/mol. The second-order valence-corrected chi connectivity index (χ2v) is 8.27. The molecule has 7 heteroatoms. The number of hydrogen-bond acceptors (Lipinski definition) is 4. The zero-order valence-electron chi connectivity index (χ0n) is 19.0. The molecule has 3 aromatic rings. The predicted octanol–water partition coefficient (Wildman–Crippen LogP) is 4.29. The van der Waals surface area contributed by atoms with Gasteiger partial charge in [0.05, 0.1) is 0 Å². The van der Waals surface area contributed by atoms with E-state index in [4.69, 9.17) is 4.74 Å². The number of rotatable bonds is 7. The topological polar surface area (TPSA) is 96.5 Å². The van der Waals surface area contributed by atoms with E-state index >= 15 is 0 Å². The molecule has 1 fully saturated rings. The highest BCUT2D eigenvalue weighted by atomic mass is 16.5. The number of anilines is 2. The van der Waals surface area contributed by atoms with Crippen molar-refractivity contribution >= 4 is 29.1 Å². The molecule has 1 heterocycles. The normalized spacial score (nSPS) is 14.9. The largest absolute Gasteiger partial charge is 0.368 e. The Morgan fingerprint density at radius 3 is 2.32 bits per heavy atom. The molecule has 0 spiro atoms. The third-order valence-corrected chi connectivity index (χ3v) is 5.57. The minimum Gasteiger partial charge on any atom is -0.368 e. The Kier molecular flexibility index (Phi) is 7.34. The van der Waals surface area contributed by atoms with Gasteiger partial charge in [-0.05, 0) is 67.8 Å². The van der Waals surface area contributed by atoms with Crippen LogP contribution in [0.1, 0.15) is 44.7 Å². The van der Waals surface area contributed by atoms with Crippen molar-refractivity contribution in [3.63, 3.8) is 0 Å². The number of amides is 3. The molecule has 0 saturated carbocycles. The lowest BCUT2D eigenvalue weighted by Gasteiger charge is -2.12. The summed E-state index contributed by atoms with van der Waals surface area (Å²) in [4.78, 5) is 37.4. The van der Waals surface area contributed by atoms with Crippen molar-refractivity contribution in [3.8, 4) is 0 Å². The molecule has 0 radical (unpaired) electrons. The summed E-state index contributed by atoms with van der Waals surface area (Å²) in [5.41, 5.74) is 4.15. The Balaban J connectivity index is 1.33. The van der Waals surface area contributed by atoms with Crippen molar-refractivity contribution in [3.05, 3.63) is 95.1 Å². The van der Waals surface area contributed by atoms with E-state index in [1.165, 1.54) is 0 Å². The summed E-state index contributed by atoms with van der Waals surface area (Å²) >= 11 is 0. The minimum atomic E-state index is -0.434. The zero-order chi connectivity index (χ0) is 23.9. The molecule has 1 unspecified atom stereocenters. The molecule has 1 aliphatic rings. The van der Waals surface area contributed by atoms with Gasteiger partial charge in [-0.25, -0.2) is 0 Å². The molecule has 3 amide bonds. The van der Waals surface area contributed by atoms with E-state index in [0.29, 0.717) is 42.1 Å². The highest BCUT2D eigenvalue weighted by Gasteiger charge is 2.23. The van der Waals surface area contributed by atoms with Gasteiger partial charge in [0.15, 0.2) is 0 Å². The van der Waals surface area contributed by atoms with Crippen molar-refractivity contribution in [2.24, 2.45) is 0 Å². The smallest absolute Gasteiger partial charge is 0.255 e. The lowest BCUT2D eigenvalue weighted by atomic mass is 10.1. The van der Waals surface area contributed by atoms with Crippen molar-refractivity contribution in [1.82, 2.24) is 5.32 Å². The average Bonchev–Trinajstić information content (AvgIpc) is 3.39. The molecular formula is C27H27N3O4. The van der Waals surface area contributed by atoms with E-state index in [9.17, 15) is 14.4 Å². The number of aryl methyl sites for hydroxylation is 1. The quantitative estimate of drug-likeness (QED) is 0.493. The second-order valence-electron chi connectivity index (χ2n) is 8.27. The van der Waals surface area contributed by atoms with Crippen LogP contribution in [0.15, 0.2) is 72.8 Å². The maximum atomic E-state index is 12.7. The summed E-state index contributed by atoms with van der Waals surface area (Å²) in [6, 6.07) is 21.5. The van der Waals surface area contributed by atoms with Crippen LogP contribution in [0, 0.1) is 6.92 Å². The summed E-state index contributed by atoms with van der Waals surface area (Å²) in [5.74, 6) is -0.648. The van der Waals surface area contributed by atoms with E-state index in [2.05, 4.69) is 16.0 Å². The van der Waals surface area contributed by atoms with Gasteiger partial charge < -0.3 is 20.7 Å². The van der Waals surface area contributed by atoms with E-state index in [-0.39, 0.29) is 17.7 Å². The third-order valence-electron chi connectivity index (χ3n) is 5.57. The van der Waals surface area contributed by atoms with Crippen LogP contribution in [-0.4, -0.2) is 30.4 Å². The van der Waals surface area contributed by atoms with Crippen molar-refractivity contribution in [1.29, 1.82) is 0 Å². The zero-order valence-corrected chi connectivity index (χ0v) is 19.0. The van der Waals surface area contributed by atoms with Gasteiger partial charge in [-0.15, -0.1) is 0 Å². The number of nitrogens with one attached hydrogen (secondary N) is 3. The molecule has 1 aliphatic heterocycles. The lowest BCUT2D eigenvalue weighted by Crippen LogP contribution is -2.27. The molecule has 1 saturated heterocycles. The fourth-order valence-electron chi connectivity index (χ4n) is 3.70. The molecule has 4 rings (SSSR count). The molecular weight excluding hydrogens is 430 g/mol. The maximum absolute atomic E-state index is 12.7. The molecule has 7 nitrogen and oxygen atoms in total. The van der Waals surface area contributed by atoms with Crippen LogP contribution in [-0.2, 0) is 16.1 Å². The first-order valence-corrected chi connectivity index (χ1v) is 11.3. The van der Waals surface area contributed by atoms with Crippen LogP contribution in [0.5, 0.6) is 0 Å². The average molecular weight is 458 g/mol. The summed E-state index contributed by atoms with van der Waals surface area (Å²) in [6.45, 7) is 2.86. The van der Waals surface area contributed by atoms with Gasteiger partial charge >= 0.3 is 0 Å². The Labute approximate surface area is 198 Å². The van der Waals surface area contributed by atoms with Gasteiger partial charge in [0.2, 0.25) is 0 Å². The van der Waals surface area contributed by atoms with E-state index in [1.54, 1.807) is 42.5 Å². The monoisotopic (exact) mass is 457 g/mol. The molecule has 0 aliphatic carbocycles. The van der Waals surface area contributed by atoms with Gasteiger partial charge in [-0.1, -0.05) is 35.9 Å². The second kappa shape index (κ2) is 10.8. The van der Waals surface area contributed by atoms with Crippen molar-refractivity contribution in [2.75, 3.05) is 17.2 Å². The third kappa shape index (κ3) is 6.08. The molecule has 3 N–H and O–H groups in total. The summed E-state index contributed by atoms with van der Waals surface area (Å²) in [7, 11) is 0. The van der Waals surface area contributed by atoms with Crippen LogP contribution in [0.25, 0.3) is 0 Å². The van der Waals surface area contributed by atoms with Crippen molar-refractivity contribution in [2.45, 2.75) is 32.4 Å². The number of carbonyl (C=O) groups excluding carboxylic acids is 3. The standard InChI is InChI=1S/C27H27N3O4/c1-18-10-12-20(13-11-18)26(32)29-22-7-2-5-19(15-22)17-28-25(31)21-6-3-8-23(16-21)30-27(33)24-9-4-14-34-24/h2-3,5-8,10-13,15-16,24H,4,9,14,17H2,1H3,(H,28,31)(H,29,32)(H,30,33). The first-order chi connectivity index (χ1) is 16.5. The number of hydrogen-bond donors (Lipinski definition) is 3. The van der Waals surface area contributed by atoms with Crippen LogP contribution in [0.4, 0.5) is 11.4 Å². The Bertz CT molecular complexity index is 1180. The minimum absolute atomic E-state index is 0.192. The summed E-state index contributed by atoms with van der Waals surface area (Å²) < 4.78 is 5.40. The van der Waals surface area contributed by atoms with E-state index in [1.807, 2.05) is 37.3 Å². The SMILES string of the molecule is Cc1ccc(C(=O)Nc2cccc(CNC(=O)c3cccc(NC(=O)C4CCCO4)c3)c2)cc1. The summed E-state index contributed by atoms with van der Waals surface area (Å²) in [5, 5.41) is 8.58. The highest BCUT2D eigenvalue weighted by Crippen LogP contribution is 2.17. The first-order valence-electron chi connectivity index (χ1n) is 11.3. The lowest BCUT2D eigenvalue weighted by molar-refractivity contribution is -0.124. The Morgan fingerprint density at radius 1 is 0.853 bits per heavy atom. The van der Waals surface area contributed by atoms with Gasteiger partial charge in [0.1, 0.15) is 6.10 Å². The molecule has 174 valence electrons. The summed E-state index contributed by atoms with van der Waals surface area (Å²) in [6.07, 6.45) is 1.14. The number of ether oxygens (including phenoxy) is 1. The number of benzene rings is 3. The Morgan fingerprint density at radius 2 is 1.59 bits per heavy atom. The Hall–Kier alpha value is -3.97. The maximum Gasteiger partial charge on any atom is 0.255 e. The molecule has 0 aromatic heterocycles. The van der Waals surface area contributed by atoms with Crippen LogP contribution in [0.2, 0.25) is 0 Å². The fourth-order valence-corrected chi connectivity index (χ4v) is 3.70. The van der Waals surface area contributed by atoms with Gasteiger partial charge in [-0.2, -0.15) is 0 Å². The van der Waals surface area contributed by atoms with Crippen molar-refractivity contribution < 1.29 is 19.1 Å². The van der Waals surface area contributed by atoms with Gasteiger partial charge in [-0.3, -0.25) is 14.4 Å². The van der Waals surface area contributed by atoms with E-state index in [0.717, 1.165) is 17.5 Å².